The van der Waals surface area contributed by atoms with Crippen LogP contribution in [0.1, 0.15) is 278 Å². The summed E-state index contributed by atoms with van der Waals surface area (Å²) >= 11 is 0. The molecule has 6 heteroatoms. The molecule has 396 valence electrons. The fourth-order valence-electron chi connectivity index (χ4n) is 8.12. The van der Waals surface area contributed by atoms with Crippen LogP contribution in [-0.2, 0) is 28.6 Å². The van der Waals surface area contributed by atoms with Gasteiger partial charge in [0.2, 0.25) is 0 Å². The summed E-state index contributed by atoms with van der Waals surface area (Å²) in [5, 5.41) is 0. The third-order valence-corrected chi connectivity index (χ3v) is 12.4. The van der Waals surface area contributed by atoms with Gasteiger partial charge in [-0.3, -0.25) is 14.4 Å². The zero-order valence-corrected chi connectivity index (χ0v) is 45.3. The minimum Gasteiger partial charge on any atom is -0.462 e. The Kier molecular flexibility index (Phi) is 54.3. The van der Waals surface area contributed by atoms with E-state index >= 15 is 0 Å². The van der Waals surface area contributed by atoms with Gasteiger partial charge in [-0.1, -0.05) is 266 Å². The lowest BCUT2D eigenvalue weighted by atomic mass is 10.0. The molecule has 1 unspecified atom stereocenters. The number of unbranched alkanes of at least 4 members (excludes halogenated alkanes) is 27. The number of hydrogen-bond donors (Lipinski definition) is 0. The molecular weight excluding hydrogens is 853 g/mol. The summed E-state index contributed by atoms with van der Waals surface area (Å²) in [6.45, 7) is 6.35. The van der Waals surface area contributed by atoms with E-state index in [1.54, 1.807) is 0 Å². The van der Waals surface area contributed by atoms with Crippen molar-refractivity contribution in [1.29, 1.82) is 0 Å². The van der Waals surface area contributed by atoms with Gasteiger partial charge in [0.05, 0.1) is 0 Å². The lowest BCUT2D eigenvalue weighted by Gasteiger charge is -2.18. The second-order valence-electron chi connectivity index (χ2n) is 19.1. The fraction of sp³-hybridized carbons (Fsp3) is 0.730. The largest absolute Gasteiger partial charge is 0.462 e. The molecule has 0 amide bonds. The summed E-state index contributed by atoms with van der Waals surface area (Å²) in [6, 6.07) is 0. The molecule has 0 aromatic carbocycles. The minimum absolute atomic E-state index is 0.104. The Morgan fingerprint density at radius 3 is 0.971 bits per heavy atom. The second kappa shape index (κ2) is 57.2. The number of allylic oxidation sites excluding steroid dienone is 14. The summed E-state index contributed by atoms with van der Waals surface area (Å²) < 4.78 is 16.8. The standard InChI is InChI=1S/C63H108O6/c1-4-7-10-13-16-19-22-25-27-28-29-30-31-32-33-34-36-38-41-44-47-50-53-56-62(65)68-59-60(58-67-61(64)55-52-49-46-43-40-37-24-21-18-15-12-9-6-3)69-63(66)57-54-51-48-45-42-39-35-26-23-20-17-14-11-8-5-2/h8-9,11-12,17-18,20-21,26,35,37,40,46,49,60H,4-7,10,13-16,19,22-25,27-34,36,38-39,41-45,47-48,50-59H2,1-3H3/b11-8-,12-9-,20-17-,21-18-,35-26-,40-37-,49-46-. The van der Waals surface area contributed by atoms with Gasteiger partial charge in [0.25, 0.3) is 0 Å². The van der Waals surface area contributed by atoms with E-state index in [4.69, 9.17) is 14.2 Å². The van der Waals surface area contributed by atoms with Crippen molar-refractivity contribution in [2.45, 2.75) is 284 Å². The van der Waals surface area contributed by atoms with Crippen LogP contribution in [-0.4, -0.2) is 37.2 Å². The van der Waals surface area contributed by atoms with Gasteiger partial charge in [0.1, 0.15) is 13.2 Å². The Balaban J connectivity index is 4.34. The van der Waals surface area contributed by atoms with Gasteiger partial charge in [-0.2, -0.15) is 0 Å². The van der Waals surface area contributed by atoms with E-state index in [-0.39, 0.29) is 37.5 Å². The normalized spacial score (nSPS) is 12.7. The van der Waals surface area contributed by atoms with Crippen LogP contribution >= 0.6 is 0 Å². The van der Waals surface area contributed by atoms with Crippen molar-refractivity contribution < 1.29 is 28.6 Å². The summed E-state index contributed by atoms with van der Waals surface area (Å²) in [4.78, 5) is 38.1. The van der Waals surface area contributed by atoms with Gasteiger partial charge in [-0.05, 0) is 77.0 Å². The third-order valence-electron chi connectivity index (χ3n) is 12.4. The van der Waals surface area contributed by atoms with Crippen LogP contribution in [0.5, 0.6) is 0 Å². The van der Waals surface area contributed by atoms with Crippen LogP contribution in [0.25, 0.3) is 0 Å². The van der Waals surface area contributed by atoms with E-state index in [1.165, 1.54) is 128 Å². The Bertz CT molecular complexity index is 1330. The summed E-state index contributed by atoms with van der Waals surface area (Å²) in [7, 11) is 0. The summed E-state index contributed by atoms with van der Waals surface area (Å²) in [6.07, 6.45) is 74.6. The molecule has 0 saturated carbocycles. The molecule has 1 atom stereocenters. The van der Waals surface area contributed by atoms with Gasteiger partial charge in [0, 0.05) is 19.3 Å². The van der Waals surface area contributed by atoms with Crippen molar-refractivity contribution in [3.8, 4) is 0 Å². The number of carbonyl (C=O) groups is 3. The highest BCUT2D eigenvalue weighted by atomic mass is 16.6. The first kappa shape index (κ1) is 65.6. The average Bonchev–Trinajstić information content (AvgIpc) is 3.35. The van der Waals surface area contributed by atoms with Gasteiger partial charge >= 0.3 is 17.9 Å². The molecule has 0 saturated heterocycles. The molecule has 6 nitrogen and oxygen atoms in total. The van der Waals surface area contributed by atoms with E-state index in [2.05, 4.69) is 99.8 Å². The van der Waals surface area contributed by atoms with Gasteiger partial charge in [-0.15, -0.1) is 0 Å². The van der Waals surface area contributed by atoms with Gasteiger partial charge in [-0.25, -0.2) is 0 Å². The van der Waals surface area contributed by atoms with Crippen LogP contribution in [0.15, 0.2) is 85.1 Å². The monoisotopic (exact) mass is 961 g/mol. The van der Waals surface area contributed by atoms with E-state index < -0.39 is 6.10 Å². The molecule has 0 N–H and O–H groups in total. The molecule has 0 aliphatic carbocycles. The Morgan fingerprint density at radius 1 is 0.304 bits per heavy atom. The van der Waals surface area contributed by atoms with E-state index in [1.807, 2.05) is 6.08 Å². The average molecular weight is 962 g/mol. The SMILES string of the molecule is CC/C=C\C/C=C\C/C=C\C/C=C\CCC(=O)OCC(COC(=O)CCCCCCCCCCCCCCCCCCCCCCCCC)OC(=O)CCCCCCC/C=C\C/C=C\C/C=C\CC. The molecule has 0 rings (SSSR count). The summed E-state index contributed by atoms with van der Waals surface area (Å²) in [5.74, 6) is -1.000. The molecular formula is C63H108O6. The Morgan fingerprint density at radius 2 is 0.594 bits per heavy atom. The van der Waals surface area contributed by atoms with Gasteiger partial charge in [0.15, 0.2) is 6.10 Å². The lowest BCUT2D eigenvalue weighted by Crippen LogP contribution is -2.30. The number of esters is 3. The van der Waals surface area contributed by atoms with Crippen LogP contribution in [0.2, 0.25) is 0 Å². The third kappa shape index (κ3) is 55.4. The quantitative estimate of drug-likeness (QED) is 0.0262. The van der Waals surface area contributed by atoms with Crippen LogP contribution < -0.4 is 0 Å². The first-order chi connectivity index (χ1) is 34.0. The molecule has 0 fully saturated rings. The Hall–Kier alpha value is -3.41. The highest BCUT2D eigenvalue weighted by Crippen LogP contribution is 2.16. The van der Waals surface area contributed by atoms with Crippen LogP contribution in [0.3, 0.4) is 0 Å². The topological polar surface area (TPSA) is 78.9 Å². The molecule has 0 spiro atoms. The first-order valence-electron chi connectivity index (χ1n) is 29.1. The molecule has 69 heavy (non-hydrogen) atoms. The maximum Gasteiger partial charge on any atom is 0.306 e. The highest BCUT2D eigenvalue weighted by molar-refractivity contribution is 5.71. The van der Waals surface area contributed by atoms with E-state index in [0.717, 1.165) is 103 Å². The first-order valence-corrected chi connectivity index (χ1v) is 29.1. The number of carbonyl (C=O) groups excluding carboxylic acids is 3. The molecule has 0 aromatic heterocycles. The van der Waals surface area contributed by atoms with Crippen molar-refractivity contribution in [2.75, 3.05) is 13.2 Å². The van der Waals surface area contributed by atoms with Crippen molar-refractivity contribution in [3.63, 3.8) is 0 Å². The fourth-order valence-corrected chi connectivity index (χ4v) is 8.12. The lowest BCUT2D eigenvalue weighted by molar-refractivity contribution is -0.166. The number of ether oxygens (including phenoxy) is 3. The highest BCUT2D eigenvalue weighted by Gasteiger charge is 2.19. The van der Waals surface area contributed by atoms with Crippen molar-refractivity contribution in [3.05, 3.63) is 85.1 Å². The van der Waals surface area contributed by atoms with Crippen LogP contribution in [0, 0.1) is 0 Å². The Labute approximate surface area is 426 Å². The van der Waals surface area contributed by atoms with Crippen molar-refractivity contribution >= 4 is 17.9 Å². The van der Waals surface area contributed by atoms with Gasteiger partial charge < -0.3 is 14.2 Å². The zero-order valence-electron chi connectivity index (χ0n) is 45.3. The maximum absolute atomic E-state index is 12.8. The molecule has 0 heterocycles. The molecule has 0 aliphatic rings. The number of rotatable bonds is 52. The number of hydrogen-bond acceptors (Lipinski definition) is 6. The zero-order chi connectivity index (χ0) is 50.0. The minimum atomic E-state index is -0.813. The predicted octanol–water partition coefficient (Wildman–Crippen LogP) is 19.5. The van der Waals surface area contributed by atoms with Crippen molar-refractivity contribution in [1.82, 2.24) is 0 Å². The molecule has 0 aliphatic heterocycles. The van der Waals surface area contributed by atoms with E-state index in [0.29, 0.717) is 19.3 Å². The maximum atomic E-state index is 12.8. The second-order valence-corrected chi connectivity index (χ2v) is 19.1. The van der Waals surface area contributed by atoms with Crippen LogP contribution in [0.4, 0.5) is 0 Å². The van der Waals surface area contributed by atoms with Crippen molar-refractivity contribution in [2.24, 2.45) is 0 Å². The molecule has 0 aromatic rings. The summed E-state index contributed by atoms with van der Waals surface area (Å²) in [5.41, 5.74) is 0. The predicted molar refractivity (Wildman–Crippen MR) is 297 cm³/mol. The molecule has 0 bridgehead atoms. The smallest absolute Gasteiger partial charge is 0.306 e. The molecule has 0 radical (unpaired) electrons. The van der Waals surface area contributed by atoms with E-state index in [9.17, 15) is 14.4 Å².